The number of aryl methyl sites for hydroxylation is 2. The molecule has 0 saturated carbocycles. The molecule has 0 amide bonds. The van der Waals surface area contributed by atoms with Crippen molar-refractivity contribution in [2.45, 2.75) is 52.1 Å². The van der Waals surface area contributed by atoms with E-state index < -0.39 is 0 Å². The van der Waals surface area contributed by atoms with Crippen molar-refractivity contribution >= 4 is 0 Å². The van der Waals surface area contributed by atoms with Gasteiger partial charge in [-0.2, -0.15) is 0 Å². The Kier molecular flexibility index (Phi) is 6.23. The summed E-state index contributed by atoms with van der Waals surface area (Å²) >= 11 is 0. The first-order valence-corrected chi connectivity index (χ1v) is 6.58. The molecule has 2 N–H and O–H groups in total. The largest absolute Gasteiger partial charge is 0.395 e. The molecule has 0 bridgehead atoms. The standard InChI is InChI=1S/C15H25NO/c1-4-15(11-17)16-13(3)8-9-14-7-5-6-12(2)10-14/h5-7,10,13,15-17H,4,8-9,11H2,1-3H3/t13?,15-/m0/s1. The number of aliphatic hydroxyl groups is 1. The van der Waals surface area contributed by atoms with Crippen LogP contribution in [-0.2, 0) is 6.42 Å². The highest BCUT2D eigenvalue weighted by atomic mass is 16.3. The molecule has 2 atom stereocenters. The van der Waals surface area contributed by atoms with E-state index in [9.17, 15) is 0 Å². The molecule has 0 spiro atoms. The van der Waals surface area contributed by atoms with Crippen molar-refractivity contribution in [2.75, 3.05) is 6.61 Å². The van der Waals surface area contributed by atoms with Crippen LogP contribution in [0.1, 0.15) is 37.8 Å². The Morgan fingerprint density at radius 2 is 2.12 bits per heavy atom. The molecule has 17 heavy (non-hydrogen) atoms. The Bertz CT molecular complexity index is 320. The molecule has 0 aromatic heterocycles. The van der Waals surface area contributed by atoms with Crippen LogP contribution in [0.2, 0.25) is 0 Å². The van der Waals surface area contributed by atoms with E-state index >= 15 is 0 Å². The third-order valence-corrected chi connectivity index (χ3v) is 3.18. The molecule has 2 heteroatoms. The van der Waals surface area contributed by atoms with Crippen molar-refractivity contribution in [3.8, 4) is 0 Å². The number of nitrogens with one attached hydrogen (secondary N) is 1. The van der Waals surface area contributed by atoms with Crippen LogP contribution in [0.25, 0.3) is 0 Å². The fourth-order valence-corrected chi connectivity index (χ4v) is 2.04. The summed E-state index contributed by atoms with van der Waals surface area (Å²) in [6.07, 6.45) is 3.18. The molecule has 1 aromatic carbocycles. The van der Waals surface area contributed by atoms with E-state index in [4.69, 9.17) is 5.11 Å². The molecule has 0 aliphatic heterocycles. The molecule has 0 heterocycles. The normalized spacial score (nSPS) is 14.6. The second-order valence-corrected chi connectivity index (χ2v) is 4.88. The molecule has 0 saturated heterocycles. The zero-order valence-electron chi connectivity index (χ0n) is 11.2. The summed E-state index contributed by atoms with van der Waals surface area (Å²) in [7, 11) is 0. The summed E-state index contributed by atoms with van der Waals surface area (Å²) in [5.74, 6) is 0. The summed E-state index contributed by atoms with van der Waals surface area (Å²) < 4.78 is 0. The summed E-state index contributed by atoms with van der Waals surface area (Å²) in [6.45, 7) is 6.64. The van der Waals surface area contributed by atoms with Crippen molar-refractivity contribution in [3.63, 3.8) is 0 Å². The highest BCUT2D eigenvalue weighted by Gasteiger charge is 2.08. The lowest BCUT2D eigenvalue weighted by atomic mass is 10.0. The molecule has 2 nitrogen and oxygen atoms in total. The average Bonchev–Trinajstić information content (AvgIpc) is 2.33. The smallest absolute Gasteiger partial charge is 0.0584 e. The van der Waals surface area contributed by atoms with Gasteiger partial charge in [0.25, 0.3) is 0 Å². The number of benzene rings is 1. The zero-order chi connectivity index (χ0) is 12.7. The second-order valence-electron chi connectivity index (χ2n) is 4.88. The third kappa shape index (κ3) is 5.33. The van der Waals surface area contributed by atoms with Gasteiger partial charge in [0.1, 0.15) is 0 Å². The second kappa shape index (κ2) is 7.46. The van der Waals surface area contributed by atoms with Gasteiger partial charge in [0.15, 0.2) is 0 Å². The maximum Gasteiger partial charge on any atom is 0.0584 e. The maximum absolute atomic E-state index is 9.13. The SMILES string of the molecule is CC[C@@H](CO)NC(C)CCc1cccc(C)c1. The van der Waals surface area contributed by atoms with Crippen LogP contribution >= 0.6 is 0 Å². The van der Waals surface area contributed by atoms with E-state index in [1.807, 2.05) is 0 Å². The van der Waals surface area contributed by atoms with E-state index in [0.717, 1.165) is 19.3 Å². The van der Waals surface area contributed by atoms with Crippen molar-refractivity contribution < 1.29 is 5.11 Å². The van der Waals surface area contributed by atoms with Gasteiger partial charge in [-0.3, -0.25) is 0 Å². The predicted octanol–water partition coefficient (Wildman–Crippen LogP) is 2.68. The number of hydrogen-bond donors (Lipinski definition) is 2. The number of hydrogen-bond acceptors (Lipinski definition) is 2. The lowest BCUT2D eigenvalue weighted by Gasteiger charge is -2.20. The minimum atomic E-state index is 0.227. The van der Waals surface area contributed by atoms with E-state index in [-0.39, 0.29) is 12.6 Å². The molecular weight excluding hydrogens is 210 g/mol. The Morgan fingerprint density at radius 1 is 1.35 bits per heavy atom. The molecule has 0 fully saturated rings. The van der Waals surface area contributed by atoms with Crippen LogP contribution in [-0.4, -0.2) is 23.8 Å². The summed E-state index contributed by atoms with van der Waals surface area (Å²) in [4.78, 5) is 0. The lowest BCUT2D eigenvalue weighted by Crippen LogP contribution is -2.38. The summed E-state index contributed by atoms with van der Waals surface area (Å²) in [6, 6.07) is 9.37. The minimum Gasteiger partial charge on any atom is -0.395 e. The molecule has 96 valence electrons. The van der Waals surface area contributed by atoms with Crippen molar-refractivity contribution in [1.82, 2.24) is 5.32 Å². The number of rotatable bonds is 7. The quantitative estimate of drug-likeness (QED) is 0.761. The molecule has 0 aliphatic rings. The third-order valence-electron chi connectivity index (χ3n) is 3.18. The average molecular weight is 235 g/mol. The summed E-state index contributed by atoms with van der Waals surface area (Å²) in [5, 5.41) is 12.6. The van der Waals surface area contributed by atoms with E-state index in [1.54, 1.807) is 0 Å². The monoisotopic (exact) mass is 235 g/mol. The van der Waals surface area contributed by atoms with Gasteiger partial charge in [0.2, 0.25) is 0 Å². The van der Waals surface area contributed by atoms with Gasteiger partial charge >= 0.3 is 0 Å². The van der Waals surface area contributed by atoms with Gasteiger partial charge in [0, 0.05) is 12.1 Å². The predicted molar refractivity (Wildman–Crippen MR) is 73.3 cm³/mol. The zero-order valence-corrected chi connectivity index (χ0v) is 11.2. The van der Waals surface area contributed by atoms with Crippen molar-refractivity contribution in [1.29, 1.82) is 0 Å². The Morgan fingerprint density at radius 3 is 2.71 bits per heavy atom. The van der Waals surface area contributed by atoms with Crippen molar-refractivity contribution in [2.24, 2.45) is 0 Å². The van der Waals surface area contributed by atoms with Gasteiger partial charge in [-0.25, -0.2) is 0 Å². The topological polar surface area (TPSA) is 32.3 Å². The highest BCUT2D eigenvalue weighted by Crippen LogP contribution is 2.08. The van der Waals surface area contributed by atoms with Gasteiger partial charge < -0.3 is 10.4 Å². The van der Waals surface area contributed by atoms with Gasteiger partial charge in [-0.05, 0) is 38.7 Å². The first-order chi connectivity index (χ1) is 8.15. The van der Waals surface area contributed by atoms with Crippen molar-refractivity contribution in [3.05, 3.63) is 35.4 Å². The van der Waals surface area contributed by atoms with E-state index in [1.165, 1.54) is 11.1 Å². The minimum absolute atomic E-state index is 0.227. The molecule has 0 radical (unpaired) electrons. The molecule has 0 aliphatic carbocycles. The Balaban J connectivity index is 2.35. The van der Waals surface area contributed by atoms with Crippen LogP contribution < -0.4 is 5.32 Å². The van der Waals surface area contributed by atoms with E-state index in [0.29, 0.717) is 6.04 Å². The molecular formula is C15H25NO. The van der Waals surface area contributed by atoms with Crippen LogP contribution in [0.4, 0.5) is 0 Å². The van der Waals surface area contributed by atoms with Gasteiger partial charge in [-0.1, -0.05) is 36.8 Å². The first kappa shape index (κ1) is 14.2. The first-order valence-electron chi connectivity index (χ1n) is 6.58. The fraction of sp³-hybridized carbons (Fsp3) is 0.600. The Labute approximate surface area is 105 Å². The fourth-order valence-electron chi connectivity index (χ4n) is 2.04. The maximum atomic E-state index is 9.13. The molecule has 1 rings (SSSR count). The molecule has 1 aromatic rings. The van der Waals surface area contributed by atoms with Crippen LogP contribution in [0.15, 0.2) is 24.3 Å². The van der Waals surface area contributed by atoms with Crippen LogP contribution in [0, 0.1) is 6.92 Å². The Hall–Kier alpha value is -0.860. The summed E-state index contributed by atoms with van der Waals surface area (Å²) in [5.41, 5.74) is 2.72. The molecule has 1 unspecified atom stereocenters. The lowest BCUT2D eigenvalue weighted by molar-refractivity contribution is 0.228. The highest BCUT2D eigenvalue weighted by molar-refractivity contribution is 5.22. The van der Waals surface area contributed by atoms with E-state index in [2.05, 4.69) is 50.4 Å². The van der Waals surface area contributed by atoms with Gasteiger partial charge in [0.05, 0.1) is 6.61 Å². The number of aliphatic hydroxyl groups excluding tert-OH is 1. The van der Waals surface area contributed by atoms with Gasteiger partial charge in [-0.15, -0.1) is 0 Å². The van der Waals surface area contributed by atoms with Crippen LogP contribution in [0.3, 0.4) is 0 Å². The van der Waals surface area contributed by atoms with Crippen LogP contribution in [0.5, 0.6) is 0 Å².